The highest BCUT2D eigenvalue weighted by atomic mass is 28.4. The number of rotatable bonds is 12. The second-order valence-electron chi connectivity index (χ2n) is 6.87. The molecule has 0 aromatic carbocycles. The minimum atomic E-state index is -2.79. The van der Waals surface area contributed by atoms with Crippen LogP contribution < -0.4 is 5.32 Å². The van der Waals surface area contributed by atoms with Crippen LogP contribution in [0.2, 0.25) is 6.04 Å². The Kier molecular flexibility index (Phi) is 10.2. The normalized spacial score (nSPS) is 25.8. The summed E-state index contributed by atoms with van der Waals surface area (Å²) in [6.45, 7) is 11.1. The molecule has 0 spiro atoms. The third-order valence-electron chi connectivity index (χ3n) is 5.10. The van der Waals surface area contributed by atoms with E-state index in [0.717, 1.165) is 12.8 Å². The number of nitrogens with one attached hydrogen (secondary N) is 1. The van der Waals surface area contributed by atoms with Crippen molar-refractivity contribution in [3.8, 4) is 0 Å². The predicted octanol–water partition coefficient (Wildman–Crippen LogP) is 3.05. The van der Waals surface area contributed by atoms with E-state index < -0.39 is 26.6 Å². The molecular weight excluding hydrogens is 366 g/mol. The zero-order chi connectivity index (χ0) is 20.4. The molecule has 1 fully saturated rings. The maximum Gasteiger partial charge on any atom is 0.504 e. The van der Waals surface area contributed by atoms with Gasteiger partial charge in [-0.3, -0.25) is 9.59 Å². The SMILES string of the molecule is CCO[Si](C/C=C/NC(=O)C1C(C)CC(CC)C1C(=O)O)(OCC)OCC. The van der Waals surface area contributed by atoms with Crippen LogP contribution >= 0.6 is 0 Å². The molecule has 0 aromatic heterocycles. The number of carboxylic acid groups (broad SMARTS) is 1. The van der Waals surface area contributed by atoms with E-state index in [4.69, 9.17) is 13.3 Å². The second kappa shape index (κ2) is 11.6. The van der Waals surface area contributed by atoms with E-state index in [1.165, 1.54) is 0 Å². The van der Waals surface area contributed by atoms with Gasteiger partial charge in [0.25, 0.3) is 0 Å². The highest BCUT2D eigenvalue weighted by Crippen LogP contribution is 2.43. The number of aliphatic carboxylic acids is 1. The first-order valence-electron chi connectivity index (χ1n) is 9.95. The third-order valence-corrected chi connectivity index (χ3v) is 8.02. The number of hydrogen-bond donors (Lipinski definition) is 2. The van der Waals surface area contributed by atoms with Crippen molar-refractivity contribution in [3.63, 3.8) is 0 Å². The predicted molar refractivity (Wildman–Crippen MR) is 105 cm³/mol. The zero-order valence-electron chi connectivity index (χ0n) is 17.2. The number of carboxylic acids is 1. The van der Waals surface area contributed by atoms with Crippen LogP contribution in [0.25, 0.3) is 0 Å². The summed E-state index contributed by atoms with van der Waals surface area (Å²) < 4.78 is 17.3. The molecule has 4 atom stereocenters. The van der Waals surface area contributed by atoms with Crippen LogP contribution in [0.15, 0.2) is 12.3 Å². The van der Waals surface area contributed by atoms with Gasteiger partial charge >= 0.3 is 14.8 Å². The van der Waals surface area contributed by atoms with E-state index in [1.807, 2.05) is 34.6 Å². The molecule has 7 nitrogen and oxygen atoms in total. The topological polar surface area (TPSA) is 94.1 Å². The molecule has 1 aliphatic rings. The Bertz CT molecular complexity index is 495. The zero-order valence-corrected chi connectivity index (χ0v) is 18.2. The smallest absolute Gasteiger partial charge is 0.481 e. The second-order valence-corrected chi connectivity index (χ2v) is 9.51. The lowest BCUT2D eigenvalue weighted by Gasteiger charge is -2.27. The third kappa shape index (κ3) is 6.41. The number of carbonyl (C=O) groups is 2. The quantitative estimate of drug-likeness (QED) is 0.488. The van der Waals surface area contributed by atoms with Crippen molar-refractivity contribution in [2.24, 2.45) is 23.7 Å². The lowest BCUT2D eigenvalue weighted by Crippen LogP contribution is -2.45. The fourth-order valence-corrected chi connectivity index (χ4v) is 6.35. The summed E-state index contributed by atoms with van der Waals surface area (Å²) in [6, 6.07) is 0.447. The molecule has 0 bridgehead atoms. The molecule has 2 N–H and O–H groups in total. The molecule has 1 aliphatic carbocycles. The summed E-state index contributed by atoms with van der Waals surface area (Å²) in [7, 11) is -2.79. The Morgan fingerprint density at radius 3 is 2.07 bits per heavy atom. The van der Waals surface area contributed by atoms with E-state index in [0.29, 0.717) is 25.9 Å². The van der Waals surface area contributed by atoms with E-state index in [1.54, 1.807) is 12.3 Å². The van der Waals surface area contributed by atoms with Crippen LogP contribution in [-0.2, 0) is 22.9 Å². The minimum absolute atomic E-state index is 0.0474. The van der Waals surface area contributed by atoms with Gasteiger partial charge in [-0.25, -0.2) is 0 Å². The molecular formula is C19H35NO6Si. The monoisotopic (exact) mass is 401 g/mol. The highest BCUT2D eigenvalue weighted by molar-refractivity contribution is 6.61. The summed E-state index contributed by atoms with van der Waals surface area (Å²) in [5, 5.41) is 12.3. The van der Waals surface area contributed by atoms with Crippen LogP contribution in [-0.4, -0.2) is 45.6 Å². The summed E-state index contributed by atoms with van der Waals surface area (Å²) in [5.74, 6) is -2.16. The van der Waals surface area contributed by atoms with Crippen molar-refractivity contribution >= 4 is 20.7 Å². The molecule has 0 radical (unpaired) electrons. The molecule has 1 saturated carbocycles. The van der Waals surface area contributed by atoms with Crippen LogP contribution in [0, 0.1) is 23.7 Å². The molecule has 0 heterocycles. The van der Waals surface area contributed by atoms with Crippen molar-refractivity contribution in [1.82, 2.24) is 5.32 Å². The summed E-state index contributed by atoms with van der Waals surface area (Å²) in [5.41, 5.74) is 0. The molecule has 156 valence electrons. The lowest BCUT2D eigenvalue weighted by molar-refractivity contribution is -0.148. The average molecular weight is 402 g/mol. The molecule has 27 heavy (non-hydrogen) atoms. The van der Waals surface area contributed by atoms with Crippen LogP contribution in [0.3, 0.4) is 0 Å². The van der Waals surface area contributed by atoms with Crippen LogP contribution in [0.4, 0.5) is 0 Å². The largest absolute Gasteiger partial charge is 0.504 e. The molecule has 1 rings (SSSR count). The maximum absolute atomic E-state index is 12.6. The van der Waals surface area contributed by atoms with Gasteiger partial charge in [0.1, 0.15) is 0 Å². The summed E-state index contributed by atoms with van der Waals surface area (Å²) in [4.78, 5) is 24.3. The molecule has 1 amide bonds. The standard InChI is InChI=1S/C19H35NO6Si/c1-6-15-13-14(5)16(17(15)19(22)23)18(21)20-11-10-12-27(24-7-2,25-8-3)26-9-4/h10-11,14-17H,6-9,12-13H2,1-5H3,(H,20,21)(H,22,23)/b11-10+. The first-order chi connectivity index (χ1) is 12.9. The Morgan fingerprint density at radius 1 is 1.07 bits per heavy atom. The molecule has 0 aliphatic heterocycles. The number of amides is 1. The van der Waals surface area contributed by atoms with Gasteiger partial charge in [0, 0.05) is 25.9 Å². The van der Waals surface area contributed by atoms with E-state index in [9.17, 15) is 14.7 Å². The van der Waals surface area contributed by atoms with Gasteiger partial charge in [-0.2, -0.15) is 0 Å². The van der Waals surface area contributed by atoms with Crippen molar-refractivity contribution in [3.05, 3.63) is 12.3 Å². The van der Waals surface area contributed by atoms with E-state index in [-0.39, 0.29) is 17.7 Å². The number of allylic oxidation sites excluding steroid dienone is 1. The van der Waals surface area contributed by atoms with Gasteiger partial charge in [0.05, 0.1) is 11.8 Å². The maximum atomic E-state index is 12.6. The highest BCUT2D eigenvalue weighted by Gasteiger charge is 2.48. The van der Waals surface area contributed by atoms with Crippen LogP contribution in [0.5, 0.6) is 0 Å². The van der Waals surface area contributed by atoms with Crippen LogP contribution in [0.1, 0.15) is 47.5 Å². The van der Waals surface area contributed by atoms with E-state index in [2.05, 4.69) is 5.32 Å². The van der Waals surface area contributed by atoms with Gasteiger partial charge < -0.3 is 23.7 Å². The fraction of sp³-hybridized carbons (Fsp3) is 0.789. The van der Waals surface area contributed by atoms with Crippen molar-refractivity contribution in [2.75, 3.05) is 19.8 Å². The first-order valence-corrected chi connectivity index (χ1v) is 11.9. The molecule has 8 heteroatoms. The van der Waals surface area contributed by atoms with Gasteiger partial charge in [-0.15, -0.1) is 0 Å². The fourth-order valence-electron chi connectivity index (χ4n) is 4.02. The lowest BCUT2D eigenvalue weighted by atomic mass is 9.86. The van der Waals surface area contributed by atoms with Gasteiger partial charge in [0.15, 0.2) is 0 Å². The average Bonchev–Trinajstić information content (AvgIpc) is 2.96. The van der Waals surface area contributed by atoms with Crippen molar-refractivity contribution in [2.45, 2.75) is 53.5 Å². The Hall–Kier alpha value is -1.22. The Balaban J connectivity index is 2.74. The van der Waals surface area contributed by atoms with Crippen molar-refractivity contribution < 1.29 is 28.0 Å². The van der Waals surface area contributed by atoms with Gasteiger partial charge in [-0.05, 0) is 45.2 Å². The summed E-state index contributed by atoms with van der Waals surface area (Å²) >= 11 is 0. The van der Waals surface area contributed by atoms with Gasteiger partial charge in [-0.1, -0.05) is 26.3 Å². The summed E-state index contributed by atoms with van der Waals surface area (Å²) in [6.07, 6.45) is 4.88. The molecule has 4 unspecified atom stereocenters. The molecule has 0 aromatic rings. The number of carbonyl (C=O) groups excluding carboxylic acids is 1. The molecule has 0 saturated heterocycles. The van der Waals surface area contributed by atoms with E-state index >= 15 is 0 Å². The Morgan fingerprint density at radius 2 is 1.63 bits per heavy atom. The number of hydrogen-bond acceptors (Lipinski definition) is 5. The minimum Gasteiger partial charge on any atom is -0.481 e. The van der Waals surface area contributed by atoms with Gasteiger partial charge in [0.2, 0.25) is 5.91 Å². The Labute approximate surface area is 163 Å². The first kappa shape index (κ1) is 23.8. The van der Waals surface area contributed by atoms with Crippen molar-refractivity contribution in [1.29, 1.82) is 0 Å².